The molecule has 0 spiro atoms. The maximum atomic E-state index is 8.80. The van der Waals surface area contributed by atoms with E-state index < -0.39 is 0 Å². The highest BCUT2D eigenvalue weighted by molar-refractivity contribution is 6.10. The Hall–Kier alpha value is -3.34. The number of hydrogen-bond acceptors (Lipinski definition) is 4. The van der Waals surface area contributed by atoms with Crippen LogP contribution in [0, 0.1) is 6.92 Å². The summed E-state index contributed by atoms with van der Waals surface area (Å²) in [5.74, 6) is 0.811. The van der Waals surface area contributed by atoms with E-state index in [1.807, 2.05) is 55.5 Å². The summed E-state index contributed by atoms with van der Waals surface area (Å²) in [5.41, 5.74) is 4.70. The molecule has 0 aliphatic rings. The smallest absolute Gasteiger partial charge is 0.120 e. The van der Waals surface area contributed by atoms with Crippen LogP contribution in [-0.2, 0) is 6.61 Å². The van der Waals surface area contributed by atoms with Gasteiger partial charge in [-0.1, -0.05) is 35.5 Å². The molecule has 124 valence electrons. The van der Waals surface area contributed by atoms with Gasteiger partial charge in [-0.2, -0.15) is 0 Å². The van der Waals surface area contributed by atoms with Crippen molar-refractivity contribution in [2.45, 2.75) is 13.5 Å². The predicted molar refractivity (Wildman–Crippen MR) is 98.5 cm³/mol. The third-order valence-corrected chi connectivity index (χ3v) is 4.32. The Morgan fingerprint density at radius 2 is 2.00 bits per heavy atom. The van der Waals surface area contributed by atoms with E-state index in [9.17, 15) is 0 Å². The summed E-state index contributed by atoms with van der Waals surface area (Å²) in [7, 11) is 0. The Kier molecular flexibility index (Phi) is 3.82. The number of rotatable bonds is 4. The van der Waals surface area contributed by atoms with Crippen LogP contribution in [-0.4, -0.2) is 21.4 Å². The van der Waals surface area contributed by atoms with E-state index in [0.717, 1.165) is 38.7 Å². The summed E-state index contributed by atoms with van der Waals surface area (Å²) in [4.78, 5) is 7.68. The number of pyridine rings is 1. The van der Waals surface area contributed by atoms with Gasteiger partial charge in [0.05, 0.1) is 23.6 Å². The molecule has 2 heterocycles. The van der Waals surface area contributed by atoms with E-state index in [0.29, 0.717) is 12.3 Å². The number of aryl methyl sites for hydroxylation is 1. The lowest BCUT2D eigenvalue weighted by atomic mass is 10.1. The first kappa shape index (κ1) is 15.2. The van der Waals surface area contributed by atoms with Gasteiger partial charge < -0.3 is 14.9 Å². The standard InChI is InChI=1S/C20H17N3O2/c1-13-18(11-22-24)21-10-19-20(13)16-9-15(7-8-17(16)23-19)25-12-14-5-3-2-4-6-14/h2-11,23-24H,12H2,1H3. The maximum absolute atomic E-state index is 8.80. The highest BCUT2D eigenvalue weighted by atomic mass is 16.5. The van der Waals surface area contributed by atoms with Crippen LogP contribution in [0.4, 0.5) is 0 Å². The number of nitrogens with one attached hydrogen (secondary N) is 1. The monoisotopic (exact) mass is 331 g/mol. The fourth-order valence-corrected chi connectivity index (χ4v) is 3.07. The van der Waals surface area contributed by atoms with Crippen LogP contribution in [0.2, 0.25) is 0 Å². The SMILES string of the molecule is Cc1c(C=NO)ncc2[nH]c3ccc(OCc4ccccc4)cc3c12. The third-order valence-electron chi connectivity index (χ3n) is 4.32. The zero-order chi connectivity index (χ0) is 17.2. The van der Waals surface area contributed by atoms with Crippen LogP contribution in [0.5, 0.6) is 5.75 Å². The molecule has 0 amide bonds. The van der Waals surface area contributed by atoms with Crippen molar-refractivity contribution in [1.82, 2.24) is 9.97 Å². The summed E-state index contributed by atoms with van der Waals surface area (Å²) in [5, 5.41) is 14.0. The molecule has 5 nitrogen and oxygen atoms in total. The number of oxime groups is 1. The van der Waals surface area contributed by atoms with E-state index in [4.69, 9.17) is 9.94 Å². The number of nitrogens with zero attached hydrogens (tertiary/aromatic N) is 2. The van der Waals surface area contributed by atoms with Gasteiger partial charge in [-0.3, -0.25) is 4.98 Å². The highest BCUT2D eigenvalue weighted by Gasteiger charge is 2.11. The molecule has 0 unspecified atom stereocenters. The van der Waals surface area contributed by atoms with Gasteiger partial charge >= 0.3 is 0 Å². The van der Waals surface area contributed by atoms with E-state index in [1.54, 1.807) is 6.20 Å². The summed E-state index contributed by atoms with van der Waals surface area (Å²) < 4.78 is 5.94. The van der Waals surface area contributed by atoms with Gasteiger partial charge in [0, 0.05) is 16.3 Å². The summed E-state index contributed by atoms with van der Waals surface area (Å²) in [6, 6.07) is 16.1. The van der Waals surface area contributed by atoms with E-state index in [-0.39, 0.29) is 0 Å². The summed E-state index contributed by atoms with van der Waals surface area (Å²) in [6.45, 7) is 2.49. The molecule has 0 atom stereocenters. The van der Waals surface area contributed by atoms with Crippen molar-refractivity contribution in [3.05, 3.63) is 71.5 Å². The Morgan fingerprint density at radius 1 is 1.16 bits per heavy atom. The molecule has 0 aliphatic carbocycles. The molecule has 0 saturated carbocycles. The van der Waals surface area contributed by atoms with Crippen LogP contribution >= 0.6 is 0 Å². The molecular weight excluding hydrogens is 314 g/mol. The first-order valence-electron chi connectivity index (χ1n) is 8.01. The van der Waals surface area contributed by atoms with Crippen molar-refractivity contribution < 1.29 is 9.94 Å². The second kappa shape index (κ2) is 6.28. The molecule has 4 rings (SSSR count). The lowest BCUT2D eigenvalue weighted by molar-refractivity contribution is 0.306. The average molecular weight is 331 g/mol. The molecule has 0 bridgehead atoms. The van der Waals surface area contributed by atoms with Crippen molar-refractivity contribution in [3.63, 3.8) is 0 Å². The number of ether oxygens (including phenoxy) is 1. The molecule has 2 aromatic carbocycles. The zero-order valence-corrected chi connectivity index (χ0v) is 13.7. The van der Waals surface area contributed by atoms with Gasteiger partial charge in [0.15, 0.2) is 0 Å². The number of aromatic amines is 1. The number of H-pyrrole nitrogens is 1. The van der Waals surface area contributed by atoms with Crippen LogP contribution in [0.3, 0.4) is 0 Å². The minimum Gasteiger partial charge on any atom is -0.489 e. The van der Waals surface area contributed by atoms with Gasteiger partial charge in [-0.05, 0) is 36.2 Å². The fourth-order valence-electron chi connectivity index (χ4n) is 3.07. The lowest BCUT2D eigenvalue weighted by Gasteiger charge is -2.07. The third kappa shape index (κ3) is 2.80. The maximum Gasteiger partial charge on any atom is 0.120 e. The lowest BCUT2D eigenvalue weighted by Crippen LogP contribution is -1.95. The minimum absolute atomic E-state index is 0.525. The quantitative estimate of drug-likeness (QED) is 0.330. The molecule has 0 radical (unpaired) electrons. The van der Waals surface area contributed by atoms with Crippen molar-refractivity contribution in [2.24, 2.45) is 5.16 Å². The average Bonchev–Trinajstić information content (AvgIpc) is 3.02. The van der Waals surface area contributed by atoms with Gasteiger partial charge in [0.25, 0.3) is 0 Å². The topological polar surface area (TPSA) is 70.5 Å². The number of aromatic nitrogens is 2. The van der Waals surface area contributed by atoms with Crippen LogP contribution in [0.25, 0.3) is 21.8 Å². The normalized spacial score (nSPS) is 11.6. The van der Waals surface area contributed by atoms with E-state index in [2.05, 4.69) is 15.1 Å². The van der Waals surface area contributed by atoms with Crippen molar-refractivity contribution in [1.29, 1.82) is 0 Å². The second-order valence-electron chi connectivity index (χ2n) is 5.91. The van der Waals surface area contributed by atoms with Crippen LogP contribution in [0.1, 0.15) is 16.8 Å². The second-order valence-corrected chi connectivity index (χ2v) is 5.91. The van der Waals surface area contributed by atoms with Crippen molar-refractivity contribution in [3.8, 4) is 5.75 Å². The Balaban J connectivity index is 1.75. The molecule has 0 aliphatic heterocycles. The van der Waals surface area contributed by atoms with Crippen molar-refractivity contribution >= 4 is 28.0 Å². The van der Waals surface area contributed by atoms with Gasteiger partial charge in [-0.25, -0.2) is 0 Å². The van der Waals surface area contributed by atoms with Crippen molar-refractivity contribution in [2.75, 3.05) is 0 Å². The van der Waals surface area contributed by atoms with Gasteiger partial charge in [0.1, 0.15) is 12.4 Å². The first-order chi connectivity index (χ1) is 12.3. The number of hydrogen-bond donors (Lipinski definition) is 2. The molecule has 2 aromatic heterocycles. The highest BCUT2D eigenvalue weighted by Crippen LogP contribution is 2.31. The van der Waals surface area contributed by atoms with E-state index >= 15 is 0 Å². The molecule has 25 heavy (non-hydrogen) atoms. The molecule has 0 fully saturated rings. The van der Waals surface area contributed by atoms with Crippen LogP contribution < -0.4 is 4.74 Å². The Bertz CT molecular complexity index is 1070. The van der Waals surface area contributed by atoms with Gasteiger partial charge in [0.2, 0.25) is 0 Å². The molecule has 2 N–H and O–H groups in total. The van der Waals surface area contributed by atoms with Gasteiger partial charge in [-0.15, -0.1) is 0 Å². The molecule has 0 saturated heterocycles. The summed E-state index contributed by atoms with van der Waals surface area (Å²) >= 11 is 0. The number of benzene rings is 2. The predicted octanol–water partition coefficient (Wildman–Crippen LogP) is 4.41. The van der Waals surface area contributed by atoms with E-state index in [1.165, 1.54) is 6.21 Å². The summed E-state index contributed by atoms with van der Waals surface area (Å²) in [6.07, 6.45) is 3.10. The molecular formula is C20H17N3O2. The largest absolute Gasteiger partial charge is 0.489 e. The molecule has 5 heteroatoms. The zero-order valence-electron chi connectivity index (χ0n) is 13.7. The fraction of sp³-hybridized carbons (Fsp3) is 0.100. The Morgan fingerprint density at radius 3 is 2.80 bits per heavy atom. The molecule has 4 aromatic rings. The minimum atomic E-state index is 0.525. The first-order valence-corrected chi connectivity index (χ1v) is 8.01. The van der Waals surface area contributed by atoms with Crippen LogP contribution in [0.15, 0.2) is 59.9 Å². The number of fused-ring (bicyclic) bond motifs is 3. The Labute approximate surface area is 144 Å².